The highest BCUT2D eigenvalue weighted by Crippen LogP contribution is 1.98. The van der Waals surface area contributed by atoms with E-state index in [1.165, 1.54) is 0 Å². The molecule has 0 aliphatic rings. The number of rotatable bonds is 5. The molecule has 0 aromatic rings. The number of esters is 1. The van der Waals surface area contributed by atoms with E-state index in [1.54, 1.807) is 6.08 Å². The lowest BCUT2D eigenvalue weighted by Crippen LogP contribution is -2.30. The number of ketones is 1. The summed E-state index contributed by atoms with van der Waals surface area (Å²) in [5, 5.41) is 8.95. The quantitative estimate of drug-likeness (QED) is 0.361. The maximum atomic E-state index is 10.9. The number of carbonyl (C=O) groups is 2. The highest BCUT2D eigenvalue weighted by molar-refractivity contribution is 6.01. The van der Waals surface area contributed by atoms with Gasteiger partial charge in [0.1, 0.15) is 0 Å². The second kappa shape index (κ2) is 5.49. The molecular weight excluding hydrogens is 160 g/mol. The molecule has 0 aromatic heterocycles. The van der Waals surface area contributed by atoms with Crippen molar-refractivity contribution in [2.24, 2.45) is 0 Å². The first-order valence-corrected chi connectivity index (χ1v) is 3.53. The van der Waals surface area contributed by atoms with Gasteiger partial charge in [0.15, 0.2) is 5.78 Å². The van der Waals surface area contributed by atoms with Crippen molar-refractivity contribution in [1.82, 2.24) is 0 Å². The molecule has 12 heavy (non-hydrogen) atoms. The van der Waals surface area contributed by atoms with E-state index in [0.717, 1.165) is 7.11 Å². The van der Waals surface area contributed by atoms with Crippen molar-refractivity contribution >= 4 is 11.8 Å². The number of methoxy groups -OCH3 is 1. The number of allylic oxidation sites excluding steroid dienone is 1. The van der Waals surface area contributed by atoms with Crippen LogP contribution in [0.5, 0.6) is 0 Å². The second-order valence-corrected chi connectivity index (χ2v) is 2.22. The topological polar surface area (TPSA) is 63.6 Å². The fourth-order valence-corrected chi connectivity index (χ4v) is 0.624. The summed E-state index contributed by atoms with van der Waals surface area (Å²) in [4.78, 5) is 21.5. The summed E-state index contributed by atoms with van der Waals surface area (Å²) in [5.41, 5.74) is 0. The van der Waals surface area contributed by atoms with E-state index in [9.17, 15) is 9.59 Å². The highest BCUT2D eigenvalue weighted by atomic mass is 16.5. The van der Waals surface area contributed by atoms with E-state index < -0.39 is 17.9 Å². The highest BCUT2D eigenvalue weighted by Gasteiger charge is 2.22. The third kappa shape index (κ3) is 3.30. The van der Waals surface area contributed by atoms with E-state index in [2.05, 4.69) is 11.3 Å². The number of aliphatic hydroxyl groups is 1. The largest absolute Gasteiger partial charge is 0.467 e. The van der Waals surface area contributed by atoms with Gasteiger partial charge in [-0.05, 0) is 6.42 Å². The van der Waals surface area contributed by atoms with Crippen LogP contribution >= 0.6 is 0 Å². The monoisotopic (exact) mass is 172 g/mol. The maximum absolute atomic E-state index is 10.9. The molecule has 0 aliphatic heterocycles. The molecule has 0 rings (SSSR count). The molecule has 0 aliphatic carbocycles. The van der Waals surface area contributed by atoms with Crippen molar-refractivity contribution in [2.75, 3.05) is 7.11 Å². The van der Waals surface area contributed by atoms with Gasteiger partial charge >= 0.3 is 5.97 Å². The predicted molar refractivity (Wildman–Crippen MR) is 42.5 cm³/mol. The van der Waals surface area contributed by atoms with Crippen LogP contribution in [-0.4, -0.2) is 30.1 Å². The molecule has 0 spiro atoms. The Morgan fingerprint density at radius 3 is 2.67 bits per heavy atom. The van der Waals surface area contributed by atoms with Crippen LogP contribution in [0.2, 0.25) is 0 Å². The van der Waals surface area contributed by atoms with Gasteiger partial charge in [0.2, 0.25) is 6.10 Å². The van der Waals surface area contributed by atoms with Crippen LogP contribution in [0.15, 0.2) is 12.7 Å². The number of carbonyl (C=O) groups excluding carboxylic acids is 2. The van der Waals surface area contributed by atoms with E-state index in [-0.39, 0.29) is 6.42 Å². The molecule has 0 radical (unpaired) electrons. The minimum Gasteiger partial charge on any atom is -0.467 e. The molecule has 0 fully saturated rings. The molecule has 1 N–H and O–H groups in total. The van der Waals surface area contributed by atoms with Crippen molar-refractivity contribution in [2.45, 2.75) is 18.9 Å². The Morgan fingerprint density at radius 1 is 1.67 bits per heavy atom. The molecular formula is C8H12O4. The van der Waals surface area contributed by atoms with Gasteiger partial charge in [-0.1, -0.05) is 6.08 Å². The van der Waals surface area contributed by atoms with Crippen molar-refractivity contribution in [3.05, 3.63) is 12.7 Å². The first-order valence-electron chi connectivity index (χ1n) is 3.53. The van der Waals surface area contributed by atoms with Gasteiger partial charge < -0.3 is 9.84 Å². The summed E-state index contributed by atoms with van der Waals surface area (Å²) >= 11 is 0. The number of hydrogen-bond acceptors (Lipinski definition) is 4. The number of ether oxygens (including phenoxy) is 1. The normalized spacial score (nSPS) is 11.8. The first-order chi connectivity index (χ1) is 5.63. The summed E-state index contributed by atoms with van der Waals surface area (Å²) in [7, 11) is 1.12. The Labute approximate surface area is 70.8 Å². The zero-order valence-electron chi connectivity index (χ0n) is 6.95. The molecule has 0 heterocycles. The van der Waals surface area contributed by atoms with Crippen LogP contribution in [0.3, 0.4) is 0 Å². The van der Waals surface area contributed by atoms with Gasteiger partial charge in [0, 0.05) is 6.42 Å². The zero-order valence-corrected chi connectivity index (χ0v) is 6.95. The maximum Gasteiger partial charge on any atom is 0.342 e. The van der Waals surface area contributed by atoms with Crippen LogP contribution < -0.4 is 0 Å². The van der Waals surface area contributed by atoms with Crippen LogP contribution in [0, 0.1) is 0 Å². The van der Waals surface area contributed by atoms with Crippen LogP contribution in [0.25, 0.3) is 0 Å². The van der Waals surface area contributed by atoms with Gasteiger partial charge in [0.05, 0.1) is 7.11 Å². The van der Waals surface area contributed by atoms with Crippen LogP contribution in [0.1, 0.15) is 12.8 Å². The number of Topliss-reactive ketones (excluding diaryl/α,β-unsaturated/α-hetero) is 1. The summed E-state index contributed by atoms with van der Waals surface area (Å²) in [5.74, 6) is -1.45. The van der Waals surface area contributed by atoms with Crippen molar-refractivity contribution in [1.29, 1.82) is 0 Å². The molecule has 68 valence electrons. The molecule has 0 aromatic carbocycles. The molecule has 1 atom stereocenters. The van der Waals surface area contributed by atoms with Gasteiger partial charge in [-0.15, -0.1) is 6.58 Å². The Morgan fingerprint density at radius 2 is 2.25 bits per heavy atom. The van der Waals surface area contributed by atoms with Crippen LogP contribution in [-0.2, 0) is 14.3 Å². The summed E-state index contributed by atoms with van der Waals surface area (Å²) < 4.78 is 4.18. The first kappa shape index (κ1) is 10.8. The molecule has 0 bridgehead atoms. The second-order valence-electron chi connectivity index (χ2n) is 2.22. The molecule has 0 saturated heterocycles. The summed E-state index contributed by atoms with van der Waals surface area (Å²) in [6.07, 6.45) is 0.462. The Hall–Kier alpha value is -1.16. The number of hydrogen-bond donors (Lipinski definition) is 1. The van der Waals surface area contributed by atoms with Gasteiger partial charge in [0.25, 0.3) is 0 Å². The van der Waals surface area contributed by atoms with E-state index in [4.69, 9.17) is 5.11 Å². The lowest BCUT2D eigenvalue weighted by atomic mass is 10.1. The lowest BCUT2D eigenvalue weighted by Gasteiger charge is -2.05. The molecule has 0 amide bonds. The Balaban J connectivity index is 3.92. The van der Waals surface area contributed by atoms with Crippen molar-refractivity contribution in [3.8, 4) is 0 Å². The van der Waals surface area contributed by atoms with Gasteiger partial charge in [-0.3, -0.25) is 4.79 Å². The van der Waals surface area contributed by atoms with Crippen LogP contribution in [0.4, 0.5) is 0 Å². The van der Waals surface area contributed by atoms with E-state index in [1.807, 2.05) is 0 Å². The molecule has 1 unspecified atom stereocenters. The minimum absolute atomic E-state index is 0.111. The average Bonchev–Trinajstić information content (AvgIpc) is 2.11. The standard InChI is InChI=1S/C8H12O4/c1-3-4-5-6(9)7(10)8(11)12-2/h3,7,10H,1,4-5H2,2H3. The fourth-order valence-electron chi connectivity index (χ4n) is 0.624. The van der Waals surface area contributed by atoms with Gasteiger partial charge in [-0.2, -0.15) is 0 Å². The SMILES string of the molecule is C=CCCC(=O)C(O)C(=O)OC. The van der Waals surface area contributed by atoms with Crippen molar-refractivity contribution in [3.63, 3.8) is 0 Å². The molecule has 4 nitrogen and oxygen atoms in total. The van der Waals surface area contributed by atoms with E-state index in [0.29, 0.717) is 6.42 Å². The fraction of sp³-hybridized carbons (Fsp3) is 0.500. The van der Waals surface area contributed by atoms with E-state index >= 15 is 0 Å². The predicted octanol–water partition coefficient (Wildman–Crippen LogP) is 0.0556. The molecule has 0 saturated carbocycles. The van der Waals surface area contributed by atoms with Crippen molar-refractivity contribution < 1.29 is 19.4 Å². The zero-order chi connectivity index (χ0) is 9.56. The third-order valence-corrected chi connectivity index (χ3v) is 1.32. The molecule has 4 heteroatoms. The average molecular weight is 172 g/mol. The minimum atomic E-state index is -1.64. The third-order valence-electron chi connectivity index (χ3n) is 1.32. The Bertz CT molecular complexity index is 185. The smallest absolute Gasteiger partial charge is 0.342 e. The summed E-state index contributed by atoms with van der Waals surface area (Å²) in [6.45, 7) is 3.41. The van der Waals surface area contributed by atoms with Gasteiger partial charge in [-0.25, -0.2) is 4.79 Å². The Kier molecular flexibility index (Phi) is 4.96. The lowest BCUT2D eigenvalue weighted by molar-refractivity contribution is -0.155. The number of aliphatic hydroxyl groups excluding tert-OH is 1. The summed E-state index contributed by atoms with van der Waals surface area (Å²) in [6, 6.07) is 0.